The van der Waals surface area contributed by atoms with E-state index in [9.17, 15) is 9.18 Å². The van der Waals surface area contributed by atoms with Crippen LogP contribution in [0.25, 0.3) is 10.9 Å². The van der Waals surface area contributed by atoms with Crippen molar-refractivity contribution >= 4 is 17.0 Å². The summed E-state index contributed by atoms with van der Waals surface area (Å²) in [5.74, 6) is -0.315. The molecule has 2 aromatic rings. The Balaban J connectivity index is 2.66. The van der Waals surface area contributed by atoms with Crippen LogP contribution in [0.2, 0.25) is 0 Å². The highest BCUT2D eigenvalue weighted by atomic mass is 19.1. The van der Waals surface area contributed by atoms with Gasteiger partial charge in [-0.25, -0.2) is 13.8 Å². The third kappa shape index (κ3) is 1.81. The van der Waals surface area contributed by atoms with E-state index in [-0.39, 0.29) is 12.4 Å². The molecule has 96 valence electrons. The molecule has 1 aromatic heterocycles. The van der Waals surface area contributed by atoms with Gasteiger partial charge in [0.25, 0.3) is 0 Å². The third-order valence-electron chi connectivity index (χ3n) is 2.74. The number of benzene rings is 1. The van der Waals surface area contributed by atoms with E-state index in [1.165, 1.54) is 17.7 Å². The van der Waals surface area contributed by atoms with Gasteiger partial charge in [-0.3, -0.25) is 0 Å². The Hall–Kier alpha value is -2.04. The number of aryl methyl sites for hydroxylation is 1. The monoisotopic (exact) mass is 251 g/mol. The molecule has 0 aliphatic carbocycles. The lowest BCUT2D eigenvalue weighted by Crippen LogP contribution is -2.14. The van der Waals surface area contributed by atoms with E-state index in [2.05, 4.69) is 0 Å². The van der Waals surface area contributed by atoms with Gasteiger partial charge in [-0.2, -0.15) is 0 Å². The second kappa shape index (κ2) is 4.68. The number of nitrogens with zero attached hydrogens (tertiary/aromatic N) is 1. The summed E-state index contributed by atoms with van der Waals surface area (Å²) in [5, 5.41) is 0.347. The van der Waals surface area contributed by atoms with Crippen LogP contribution < -0.4 is 4.74 Å². The fourth-order valence-corrected chi connectivity index (χ4v) is 1.95. The molecule has 5 heteroatoms. The van der Waals surface area contributed by atoms with Crippen LogP contribution in [0.3, 0.4) is 0 Å². The zero-order valence-electron chi connectivity index (χ0n) is 10.5. The summed E-state index contributed by atoms with van der Waals surface area (Å²) in [6.07, 6.45) is -0.505. The number of ether oxygens (including phenoxy) is 2. The molecule has 0 aliphatic heterocycles. The van der Waals surface area contributed by atoms with E-state index in [1.807, 2.05) is 0 Å². The van der Waals surface area contributed by atoms with Crippen LogP contribution in [0.15, 0.2) is 18.2 Å². The summed E-state index contributed by atoms with van der Waals surface area (Å²) >= 11 is 0. The second-order valence-electron chi connectivity index (χ2n) is 3.83. The summed E-state index contributed by atoms with van der Waals surface area (Å²) in [7, 11) is 1.40. The molecule has 0 saturated heterocycles. The molecule has 0 radical (unpaired) electrons. The van der Waals surface area contributed by atoms with E-state index in [0.29, 0.717) is 16.6 Å². The maximum absolute atomic E-state index is 14.0. The first-order valence-corrected chi connectivity index (χ1v) is 5.61. The molecule has 18 heavy (non-hydrogen) atoms. The van der Waals surface area contributed by atoms with E-state index < -0.39 is 11.9 Å². The quantitative estimate of drug-likeness (QED) is 0.823. The van der Waals surface area contributed by atoms with Crippen LogP contribution in [0.5, 0.6) is 5.75 Å². The van der Waals surface area contributed by atoms with Gasteiger partial charge in [0.05, 0.1) is 19.2 Å². The average molecular weight is 251 g/mol. The van der Waals surface area contributed by atoms with E-state index in [0.717, 1.165) is 0 Å². The first-order chi connectivity index (χ1) is 8.60. The molecule has 0 atom stereocenters. The third-order valence-corrected chi connectivity index (χ3v) is 2.74. The fraction of sp³-hybridized carbons (Fsp3) is 0.308. The molecule has 0 bridgehead atoms. The van der Waals surface area contributed by atoms with Crippen molar-refractivity contribution in [2.75, 3.05) is 13.7 Å². The van der Waals surface area contributed by atoms with Crippen LogP contribution in [-0.2, 0) is 4.74 Å². The smallest absolute Gasteiger partial charge is 0.418 e. The fourth-order valence-electron chi connectivity index (χ4n) is 1.95. The average Bonchev–Trinajstić information content (AvgIpc) is 2.67. The Morgan fingerprint density at radius 2 is 2.17 bits per heavy atom. The molecular weight excluding hydrogens is 237 g/mol. The number of rotatable bonds is 2. The minimum atomic E-state index is -0.505. The highest BCUT2D eigenvalue weighted by Gasteiger charge is 2.17. The number of halogens is 1. The molecule has 0 spiro atoms. The predicted molar refractivity (Wildman–Crippen MR) is 65.6 cm³/mol. The Kier molecular flexibility index (Phi) is 3.23. The van der Waals surface area contributed by atoms with Crippen molar-refractivity contribution in [2.24, 2.45) is 0 Å². The van der Waals surface area contributed by atoms with E-state index in [4.69, 9.17) is 9.47 Å². The zero-order valence-corrected chi connectivity index (χ0v) is 10.5. The van der Waals surface area contributed by atoms with Crippen molar-refractivity contribution in [2.45, 2.75) is 13.8 Å². The summed E-state index contributed by atoms with van der Waals surface area (Å²) in [6.45, 7) is 3.72. The van der Waals surface area contributed by atoms with Crippen molar-refractivity contribution in [1.29, 1.82) is 0 Å². The van der Waals surface area contributed by atoms with Gasteiger partial charge in [-0.15, -0.1) is 0 Å². The lowest BCUT2D eigenvalue weighted by atomic mass is 10.2. The maximum Gasteiger partial charge on any atom is 0.418 e. The van der Waals surface area contributed by atoms with Gasteiger partial charge in [-0.05, 0) is 32.0 Å². The van der Waals surface area contributed by atoms with Crippen LogP contribution >= 0.6 is 0 Å². The number of aromatic nitrogens is 1. The number of fused-ring (bicyclic) bond motifs is 1. The largest absolute Gasteiger partial charge is 0.494 e. The Labute approximate surface area is 104 Å². The van der Waals surface area contributed by atoms with Crippen molar-refractivity contribution in [3.63, 3.8) is 0 Å². The summed E-state index contributed by atoms with van der Waals surface area (Å²) in [4.78, 5) is 11.8. The Morgan fingerprint density at radius 3 is 2.78 bits per heavy atom. The van der Waals surface area contributed by atoms with Crippen molar-refractivity contribution in [3.8, 4) is 5.75 Å². The molecule has 4 nitrogen and oxygen atoms in total. The molecule has 0 aliphatic rings. The standard InChI is InChI=1S/C13H14FNO3/c1-4-18-13(16)15-8(2)7-9-10(15)5-6-11(17-3)12(9)14/h5-7H,4H2,1-3H3. The Morgan fingerprint density at radius 1 is 1.44 bits per heavy atom. The minimum absolute atomic E-state index is 0.156. The molecule has 0 unspecified atom stereocenters. The minimum Gasteiger partial charge on any atom is -0.494 e. The van der Waals surface area contributed by atoms with Crippen molar-refractivity contribution in [3.05, 3.63) is 29.7 Å². The van der Waals surface area contributed by atoms with Crippen LogP contribution in [-0.4, -0.2) is 24.4 Å². The van der Waals surface area contributed by atoms with Gasteiger partial charge >= 0.3 is 6.09 Å². The van der Waals surface area contributed by atoms with Crippen LogP contribution in [0.4, 0.5) is 9.18 Å². The number of carbonyl (C=O) groups is 1. The molecule has 0 amide bonds. The number of methoxy groups -OCH3 is 1. The van der Waals surface area contributed by atoms with Gasteiger partial charge in [0.15, 0.2) is 11.6 Å². The summed E-state index contributed by atoms with van der Waals surface area (Å²) < 4.78 is 25.2. The SMILES string of the molecule is CCOC(=O)n1c(C)cc2c(F)c(OC)ccc21. The molecule has 0 N–H and O–H groups in total. The van der Waals surface area contributed by atoms with Gasteiger partial charge in [0, 0.05) is 11.1 Å². The van der Waals surface area contributed by atoms with Gasteiger partial charge in [0.1, 0.15) is 0 Å². The molecule has 0 saturated carbocycles. The zero-order chi connectivity index (χ0) is 13.3. The first-order valence-electron chi connectivity index (χ1n) is 5.61. The molecule has 2 rings (SSSR count). The van der Waals surface area contributed by atoms with E-state index >= 15 is 0 Å². The van der Waals surface area contributed by atoms with Gasteiger partial charge in [-0.1, -0.05) is 0 Å². The summed E-state index contributed by atoms with van der Waals surface area (Å²) in [6, 6.07) is 4.73. The summed E-state index contributed by atoms with van der Waals surface area (Å²) in [5.41, 5.74) is 1.10. The highest BCUT2D eigenvalue weighted by molar-refractivity contribution is 5.92. The van der Waals surface area contributed by atoms with Gasteiger partial charge < -0.3 is 9.47 Å². The van der Waals surface area contributed by atoms with Gasteiger partial charge in [0.2, 0.25) is 0 Å². The molecule has 1 heterocycles. The highest BCUT2D eigenvalue weighted by Crippen LogP contribution is 2.28. The van der Waals surface area contributed by atoms with Crippen molar-refractivity contribution in [1.82, 2.24) is 4.57 Å². The molecule has 0 fully saturated rings. The second-order valence-corrected chi connectivity index (χ2v) is 3.83. The lowest BCUT2D eigenvalue weighted by molar-refractivity contribution is 0.154. The van der Waals surface area contributed by atoms with Crippen LogP contribution in [0, 0.1) is 12.7 Å². The van der Waals surface area contributed by atoms with Crippen LogP contribution in [0.1, 0.15) is 12.6 Å². The van der Waals surface area contributed by atoms with Crippen molar-refractivity contribution < 1.29 is 18.7 Å². The number of hydrogen-bond acceptors (Lipinski definition) is 3. The lowest BCUT2D eigenvalue weighted by Gasteiger charge is -2.07. The Bertz CT molecular complexity index is 604. The topological polar surface area (TPSA) is 40.5 Å². The number of hydrogen-bond donors (Lipinski definition) is 0. The number of carbonyl (C=O) groups excluding carboxylic acids is 1. The predicted octanol–water partition coefficient (Wildman–Crippen LogP) is 3.10. The molecular formula is C13H14FNO3. The first kappa shape index (κ1) is 12.4. The maximum atomic E-state index is 14.0. The van der Waals surface area contributed by atoms with E-state index in [1.54, 1.807) is 26.0 Å². The normalized spacial score (nSPS) is 10.7. The molecule has 1 aromatic carbocycles.